The van der Waals surface area contributed by atoms with Gasteiger partial charge in [-0.05, 0) is 18.9 Å². The maximum Gasteiger partial charge on any atom is 0.0625 e. The average Bonchev–Trinajstić information content (AvgIpc) is 2.01. The van der Waals surface area contributed by atoms with Gasteiger partial charge in [0.1, 0.15) is 0 Å². The zero-order valence-corrected chi connectivity index (χ0v) is 6.67. The zero-order valence-electron chi connectivity index (χ0n) is 6.67. The molecule has 0 radical (unpaired) electrons. The van der Waals surface area contributed by atoms with Crippen LogP contribution in [0.15, 0.2) is 24.3 Å². The van der Waals surface area contributed by atoms with Gasteiger partial charge in [0.15, 0.2) is 0 Å². The van der Waals surface area contributed by atoms with E-state index in [0.717, 1.165) is 6.42 Å². The monoisotopic (exact) mass is 145 g/mol. The van der Waals surface area contributed by atoms with E-state index in [1.54, 1.807) is 0 Å². The molecule has 0 aliphatic heterocycles. The Bertz CT molecular complexity index is 270. The summed E-state index contributed by atoms with van der Waals surface area (Å²) in [5.41, 5.74) is 2.52. The number of benzene rings is 1. The summed E-state index contributed by atoms with van der Waals surface area (Å²) in [5.74, 6) is 0. The quantitative estimate of drug-likeness (QED) is 0.627. The third kappa shape index (κ3) is 2.43. The minimum atomic E-state index is 0.615. The molecule has 0 saturated heterocycles. The first kappa shape index (κ1) is 7.81. The second kappa shape index (κ2) is 3.78. The van der Waals surface area contributed by atoms with E-state index in [4.69, 9.17) is 5.26 Å². The van der Waals surface area contributed by atoms with Crippen molar-refractivity contribution in [2.45, 2.75) is 19.8 Å². The lowest BCUT2D eigenvalue weighted by molar-refractivity contribution is 1.01. The second-order valence-electron chi connectivity index (χ2n) is 2.65. The van der Waals surface area contributed by atoms with E-state index in [2.05, 4.69) is 31.2 Å². The van der Waals surface area contributed by atoms with Crippen LogP contribution in [0.4, 0.5) is 0 Å². The first-order valence-corrected chi connectivity index (χ1v) is 3.75. The van der Waals surface area contributed by atoms with Crippen molar-refractivity contribution in [2.24, 2.45) is 0 Å². The molecular formula is C10H11N. The van der Waals surface area contributed by atoms with Crippen molar-refractivity contribution < 1.29 is 0 Å². The summed E-state index contributed by atoms with van der Waals surface area (Å²) in [4.78, 5) is 0. The maximum absolute atomic E-state index is 8.35. The SMILES string of the molecule is Cc1cccc(CCC#N)c1. The van der Waals surface area contributed by atoms with Crippen LogP contribution in [0.25, 0.3) is 0 Å². The number of nitrogens with zero attached hydrogens (tertiary/aromatic N) is 1. The first-order chi connectivity index (χ1) is 5.33. The van der Waals surface area contributed by atoms with Crippen molar-refractivity contribution in [3.05, 3.63) is 35.4 Å². The molecule has 1 rings (SSSR count). The lowest BCUT2D eigenvalue weighted by Crippen LogP contribution is -1.83. The third-order valence-electron chi connectivity index (χ3n) is 1.61. The fourth-order valence-corrected chi connectivity index (χ4v) is 1.07. The third-order valence-corrected chi connectivity index (χ3v) is 1.61. The van der Waals surface area contributed by atoms with Gasteiger partial charge in [0.05, 0.1) is 6.07 Å². The molecule has 1 nitrogen and oxygen atoms in total. The van der Waals surface area contributed by atoms with Crippen LogP contribution in [-0.4, -0.2) is 0 Å². The highest BCUT2D eigenvalue weighted by Crippen LogP contribution is 2.05. The number of rotatable bonds is 2. The van der Waals surface area contributed by atoms with Gasteiger partial charge in [0, 0.05) is 6.42 Å². The number of hydrogen-bond donors (Lipinski definition) is 0. The van der Waals surface area contributed by atoms with Crippen LogP contribution >= 0.6 is 0 Å². The van der Waals surface area contributed by atoms with E-state index in [9.17, 15) is 0 Å². The molecule has 0 heterocycles. The molecule has 0 bridgehead atoms. The van der Waals surface area contributed by atoms with Gasteiger partial charge >= 0.3 is 0 Å². The minimum absolute atomic E-state index is 0.615. The van der Waals surface area contributed by atoms with Gasteiger partial charge in [-0.3, -0.25) is 0 Å². The van der Waals surface area contributed by atoms with Crippen LogP contribution in [0, 0.1) is 18.3 Å². The Morgan fingerprint density at radius 2 is 2.27 bits per heavy atom. The fourth-order valence-electron chi connectivity index (χ4n) is 1.07. The van der Waals surface area contributed by atoms with Crippen LogP contribution in [-0.2, 0) is 6.42 Å². The summed E-state index contributed by atoms with van der Waals surface area (Å²) in [6.07, 6.45) is 1.49. The molecule has 0 aromatic heterocycles. The molecule has 0 fully saturated rings. The Labute approximate surface area is 67.3 Å². The van der Waals surface area contributed by atoms with E-state index in [-0.39, 0.29) is 0 Å². The van der Waals surface area contributed by atoms with Crippen molar-refractivity contribution in [1.82, 2.24) is 0 Å². The van der Waals surface area contributed by atoms with Crippen molar-refractivity contribution in [3.63, 3.8) is 0 Å². The van der Waals surface area contributed by atoms with Crippen LogP contribution in [0.5, 0.6) is 0 Å². The first-order valence-electron chi connectivity index (χ1n) is 3.75. The molecule has 0 aliphatic carbocycles. The Balaban J connectivity index is 2.65. The average molecular weight is 145 g/mol. The van der Waals surface area contributed by atoms with E-state index in [1.807, 2.05) is 6.07 Å². The van der Waals surface area contributed by atoms with Crippen molar-refractivity contribution in [1.29, 1.82) is 5.26 Å². The molecule has 0 spiro atoms. The molecule has 0 saturated carbocycles. The van der Waals surface area contributed by atoms with Gasteiger partial charge in [-0.15, -0.1) is 0 Å². The molecule has 1 aromatic rings. The Morgan fingerprint density at radius 1 is 1.45 bits per heavy atom. The lowest BCUT2D eigenvalue weighted by atomic mass is 10.1. The van der Waals surface area contributed by atoms with Gasteiger partial charge in [-0.2, -0.15) is 5.26 Å². The summed E-state index contributed by atoms with van der Waals surface area (Å²) < 4.78 is 0. The highest BCUT2D eigenvalue weighted by molar-refractivity contribution is 5.22. The van der Waals surface area contributed by atoms with Gasteiger partial charge in [-0.1, -0.05) is 29.8 Å². The molecule has 11 heavy (non-hydrogen) atoms. The Morgan fingerprint density at radius 3 is 2.91 bits per heavy atom. The molecule has 1 heteroatoms. The molecule has 0 unspecified atom stereocenters. The lowest BCUT2D eigenvalue weighted by Gasteiger charge is -1.97. The number of nitriles is 1. The summed E-state index contributed by atoms with van der Waals surface area (Å²) in [6.45, 7) is 2.07. The zero-order chi connectivity index (χ0) is 8.10. The van der Waals surface area contributed by atoms with Crippen LogP contribution in [0.3, 0.4) is 0 Å². The normalized spacial score (nSPS) is 9.09. The predicted molar refractivity (Wildman–Crippen MR) is 45.1 cm³/mol. The summed E-state index contributed by atoms with van der Waals surface area (Å²) in [6, 6.07) is 10.4. The van der Waals surface area contributed by atoms with Gasteiger partial charge < -0.3 is 0 Å². The molecule has 56 valence electrons. The highest BCUT2D eigenvalue weighted by atomic mass is 14.2. The predicted octanol–water partition coefficient (Wildman–Crippen LogP) is 2.45. The van der Waals surface area contributed by atoms with E-state index in [1.165, 1.54) is 11.1 Å². The van der Waals surface area contributed by atoms with Crippen LogP contribution in [0.1, 0.15) is 17.5 Å². The van der Waals surface area contributed by atoms with E-state index < -0.39 is 0 Å². The van der Waals surface area contributed by atoms with Crippen molar-refractivity contribution >= 4 is 0 Å². The molecule has 0 atom stereocenters. The van der Waals surface area contributed by atoms with Gasteiger partial charge in [0.2, 0.25) is 0 Å². The fraction of sp³-hybridized carbons (Fsp3) is 0.300. The smallest absolute Gasteiger partial charge is 0.0625 e. The molecule has 0 amide bonds. The standard InChI is InChI=1S/C10H11N/c1-9-4-2-5-10(8-9)6-3-7-11/h2,4-5,8H,3,6H2,1H3. The summed E-state index contributed by atoms with van der Waals surface area (Å²) in [5, 5.41) is 8.35. The van der Waals surface area contributed by atoms with Crippen LogP contribution in [0.2, 0.25) is 0 Å². The largest absolute Gasteiger partial charge is 0.198 e. The second-order valence-corrected chi connectivity index (χ2v) is 2.65. The molecule has 1 aromatic carbocycles. The van der Waals surface area contributed by atoms with Crippen LogP contribution < -0.4 is 0 Å². The Kier molecular flexibility index (Phi) is 2.68. The highest BCUT2D eigenvalue weighted by Gasteiger charge is 1.90. The van der Waals surface area contributed by atoms with E-state index >= 15 is 0 Å². The molecule has 0 aliphatic rings. The minimum Gasteiger partial charge on any atom is -0.198 e. The van der Waals surface area contributed by atoms with E-state index in [0.29, 0.717) is 6.42 Å². The molecule has 0 N–H and O–H groups in total. The number of aryl methyl sites for hydroxylation is 2. The summed E-state index contributed by atoms with van der Waals surface area (Å²) in [7, 11) is 0. The topological polar surface area (TPSA) is 23.8 Å². The van der Waals surface area contributed by atoms with Gasteiger partial charge in [0.25, 0.3) is 0 Å². The van der Waals surface area contributed by atoms with Gasteiger partial charge in [-0.25, -0.2) is 0 Å². The number of hydrogen-bond acceptors (Lipinski definition) is 1. The summed E-state index contributed by atoms with van der Waals surface area (Å²) >= 11 is 0. The Hall–Kier alpha value is -1.29. The molecular weight excluding hydrogens is 134 g/mol. The van der Waals surface area contributed by atoms with Crippen molar-refractivity contribution in [3.8, 4) is 6.07 Å². The van der Waals surface area contributed by atoms with Crippen molar-refractivity contribution in [2.75, 3.05) is 0 Å². The maximum atomic E-state index is 8.35.